The monoisotopic (exact) mass is 290 g/mol. The molecule has 0 aliphatic rings. The molecular formula is C15H18N2O2S. The average Bonchev–Trinajstić information content (AvgIpc) is 2.75. The molecular weight excluding hydrogens is 272 g/mol. The summed E-state index contributed by atoms with van der Waals surface area (Å²) < 4.78 is 5.08. The van der Waals surface area contributed by atoms with Crippen molar-refractivity contribution in [3.63, 3.8) is 0 Å². The zero-order valence-electron chi connectivity index (χ0n) is 11.9. The third kappa shape index (κ3) is 3.81. The minimum Gasteiger partial charge on any atom is -0.497 e. The minimum absolute atomic E-state index is 0.0145. The predicted octanol–water partition coefficient (Wildman–Crippen LogP) is 3.34. The molecule has 0 saturated heterocycles. The van der Waals surface area contributed by atoms with Crippen LogP contribution in [0.2, 0.25) is 0 Å². The van der Waals surface area contributed by atoms with Gasteiger partial charge in [0, 0.05) is 17.0 Å². The summed E-state index contributed by atoms with van der Waals surface area (Å²) in [5.74, 6) is 0.791. The number of thiazole rings is 1. The fourth-order valence-corrected chi connectivity index (χ4v) is 2.87. The minimum atomic E-state index is 0.0145. The fourth-order valence-electron chi connectivity index (χ4n) is 1.93. The number of aryl methyl sites for hydroxylation is 3. The molecule has 2 rings (SSSR count). The predicted molar refractivity (Wildman–Crippen MR) is 81.5 cm³/mol. The quantitative estimate of drug-likeness (QED) is 0.919. The number of rotatable bonds is 5. The van der Waals surface area contributed by atoms with E-state index in [2.05, 4.69) is 10.3 Å². The normalized spacial score (nSPS) is 10.3. The lowest BCUT2D eigenvalue weighted by molar-refractivity contribution is -0.116. The number of carbonyl (C=O) groups is 1. The highest BCUT2D eigenvalue weighted by Gasteiger charge is 2.08. The molecule has 1 amide bonds. The maximum absolute atomic E-state index is 11.9. The summed E-state index contributed by atoms with van der Waals surface area (Å²) in [5, 5.41) is 3.93. The summed E-state index contributed by atoms with van der Waals surface area (Å²) >= 11 is 1.66. The van der Waals surface area contributed by atoms with Crippen LogP contribution in [0, 0.1) is 13.8 Å². The molecule has 1 N–H and O–H groups in total. The van der Waals surface area contributed by atoms with E-state index in [-0.39, 0.29) is 5.91 Å². The number of hydrogen-bond acceptors (Lipinski definition) is 4. The van der Waals surface area contributed by atoms with Gasteiger partial charge < -0.3 is 10.1 Å². The van der Waals surface area contributed by atoms with Gasteiger partial charge in [0.25, 0.3) is 0 Å². The van der Waals surface area contributed by atoms with Crippen LogP contribution in [-0.2, 0) is 11.2 Å². The molecule has 0 aliphatic carbocycles. The third-order valence-corrected chi connectivity index (χ3v) is 4.09. The first-order valence-corrected chi connectivity index (χ1v) is 7.27. The number of nitrogens with zero attached hydrogens (tertiary/aromatic N) is 1. The molecule has 0 aliphatic heterocycles. The van der Waals surface area contributed by atoms with Gasteiger partial charge in [-0.1, -0.05) is 0 Å². The summed E-state index contributed by atoms with van der Waals surface area (Å²) in [7, 11) is 1.62. The van der Waals surface area contributed by atoms with E-state index < -0.39 is 0 Å². The van der Waals surface area contributed by atoms with Crippen LogP contribution < -0.4 is 10.1 Å². The van der Waals surface area contributed by atoms with E-state index in [0.29, 0.717) is 6.42 Å². The Hall–Kier alpha value is -1.88. The average molecular weight is 290 g/mol. The van der Waals surface area contributed by atoms with E-state index in [0.717, 1.165) is 28.6 Å². The smallest absolute Gasteiger partial charge is 0.224 e. The van der Waals surface area contributed by atoms with Crippen molar-refractivity contribution < 1.29 is 9.53 Å². The van der Waals surface area contributed by atoms with E-state index in [1.54, 1.807) is 18.4 Å². The molecule has 5 heteroatoms. The van der Waals surface area contributed by atoms with Crippen LogP contribution in [-0.4, -0.2) is 18.0 Å². The number of amides is 1. The van der Waals surface area contributed by atoms with Crippen molar-refractivity contribution in [2.75, 3.05) is 12.4 Å². The Morgan fingerprint density at radius 3 is 2.55 bits per heavy atom. The molecule has 20 heavy (non-hydrogen) atoms. The van der Waals surface area contributed by atoms with E-state index in [1.807, 2.05) is 38.1 Å². The molecule has 1 heterocycles. The van der Waals surface area contributed by atoms with Gasteiger partial charge in [0.15, 0.2) is 0 Å². The highest BCUT2D eigenvalue weighted by atomic mass is 32.1. The zero-order chi connectivity index (χ0) is 14.5. The first-order chi connectivity index (χ1) is 9.58. The molecule has 0 unspecified atom stereocenters. The summed E-state index contributed by atoms with van der Waals surface area (Å²) in [5.41, 5.74) is 1.82. The van der Waals surface area contributed by atoms with Crippen LogP contribution in [0.3, 0.4) is 0 Å². The van der Waals surface area contributed by atoms with Gasteiger partial charge in [-0.25, -0.2) is 4.98 Å². The summed E-state index contributed by atoms with van der Waals surface area (Å²) in [6.45, 7) is 3.97. The van der Waals surface area contributed by atoms with Crippen molar-refractivity contribution in [1.29, 1.82) is 0 Å². The topological polar surface area (TPSA) is 51.2 Å². The Morgan fingerprint density at radius 1 is 1.30 bits per heavy atom. The van der Waals surface area contributed by atoms with Gasteiger partial charge >= 0.3 is 0 Å². The Labute approximate surface area is 122 Å². The highest BCUT2D eigenvalue weighted by Crippen LogP contribution is 2.19. The summed E-state index contributed by atoms with van der Waals surface area (Å²) in [6.07, 6.45) is 1.20. The van der Waals surface area contributed by atoms with Crippen LogP contribution in [0.4, 0.5) is 5.69 Å². The lowest BCUT2D eigenvalue weighted by Crippen LogP contribution is -2.12. The van der Waals surface area contributed by atoms with Crippen LogP contribution in [0.15, 0.2) is 24.3 Å². The van der Waals surface area contributed by atoms with Crippen molar-refractivity contribution in [1.82, 2.24) is 4.98 Å². The Bertz CT molecular complexity index is 590. The zero-order valence-corrected chi connectivity index (χ0v) is 12.7. The number of carbonyl (C=O) groups excluding carboxylic acids is 1. The fraction of sp³-hybridized carbons (Fsp3) is 0.333. The van der Waals surface area contributed by atoms with Crippen LogP contribution in [0.5, 0.6) is 5.75 Å². The van der Waals surface area contributed by atoms with Crippen molar-refractivity contribution in [3.8, 4) is 5.75 Å². The molecule has 4 nitrogen and oxygen atoms in total. The molecule has 0 saturated carbocycles. The first kappa shape index (κ1) is 14.5. The lowest BCUT2D eigenvalue weighted by atomic mass is 10.2. The van der Waals surface area contributed by atoms with E-state index in [1.165, 1.54) is 4.88 Å². The molecule has 0 atom stereocenters. The number of aromatic nitrogens is 1. The second-order valence-electron chi connectivity index (χ2n) is 4.52. The molecule has 1 aromatic heterocycles. The maximum Gasteiger partial charge on any atom is 0.224 e. The van der Waals surface area contributed by atoms with Crippen molar-refractivity contribution >= 4 is 22.9 Å². The summed E-state index contributed by atoms with van der Waals surface area (Å²) in [6, 6.07) is 7.32. The molecule has 0 fully saturated rings. The molecule has 2 aromatic rings. The van der Waals surface area contributed by atoms with Crippen LogP contribution in [0.25, 0.3) is 0 Å². The Morgan fingerprint density at radius 2 is 2.00 bits per heavy atom. The number of ether oxygens (including phenoxy) is 1. The van der Waals surface area contributed by atoms with Gasteiger partial charge in [-0.2, -0.15) is 0 Å². The second kappa shape index (κ2) is 6.52. The van der Waals surface area contributed by atoms with Crippen LogP contribution in [0.1, 0.15) is 22.0 Å². The van der Waals surface area contributed by atoms with E-state index >= 15 is 0 Å². The van der Waals surface area contributed by atoms with Gasteiger partial charge in [0.05, 0.1) is 17.8 Å². The summed E-state index contributed by atoms with van der Waals surface area (Å²) in [4.78, 5) is 17.5. The number of methoxy groups -OCH3 is 1. The Kier molecular flexibility index (Phi) is 4.74. The third-order valence-electron chi connectivity index (χ3n) is 2.95. The molecule has 0 radical (unpaired) electrons. The molecule has 0 bridgehead atoms. The molecule has 106 valence electrons. The maximum atomic E-state index is 11.9. The first-order valence-electron chi connectivity index (χ1n) is 6.45. The van der Waals surface area contributed by atoms with Crippen molar-refractivity contribution in [3.05, 3.63) is 39.8 Å². The van der Waals surface area contributed by atoms with Gasteiger partial charge in [0.1, 0.15) is 5.75 Å². The molecule has 1 aromatic carbocycles. The second-order valence-corrected chi connectivity index (χ2v) is 5.81. The molecule has 0 spiro atoms. The number of nitrogens with one attached hydrogen (secondary N) is 1. The van der Waals surface area contributed by atoms with Crippen LogP contribution >= 0.6 is 11.3 Å². The van der Waals surface area contributed by atoms with E-state index in [4.69, 9.17) is 4.74 Å². The van der Waals surface area contributed by atoms with Gasteiger partial charge in [0.2, 0.25) is 5.91 Å². The largest absolute Gasteiger partial charge is 0.497 e. The SMILES string of the molecule is COc1ccc(NC(=O)CCc2sc(C)nc2C)cc1. The van der Waals surface area contributed by atoms with Crippen molar-refractivity contribution in [2.24, 2.45) is 0 Å². The number of benzene rings is 1. The van der Waals surface area contributed by atoms with E-state index in [9.17, 15) is 4.79 Å². The lowest BCUT2D eigenvalue weighted by Gasteiger charge is -2.06. The number of anilines is 1. The Balaban J connectivity index is 1.87. The number of hydrogen-bond donors (Lipinski definition) is 1. The van der Waals surface area contributed by atoms with Gasteiger partial charge in [-0.15, -0.1) is 11.3 Å². The van der Waals surface area contributed by atoms with Gasteiger partial charge in [-0.3, -0.25) is 4.79 Å². The van der Waals surface area contributed by atoms with Gasteiger partial charge in [-0.05, 0) is 44.5 Å². The highest BCUT2D eigenvalue weighted by molar-refractivity contribution is 7.11. The standard InChI is InChI=1S/C15H18N2O2S/c1-10-14(20-11(2)16-10)8-9-15(18)17-12-4-6-13(19-3)7-5-12/h4-7H,8-9H2,1-3H3,(H,17,18). The van der Waals surface area contributed by atoms with Crippen molar-refractivity contribution in [2.45, 2.75) is 26.7 Å².